The molecule has 2 aromatic rings. The van der Waals surface area contributed by atoms with Crippen molar-refractivity contribution < 1.29 is 9.84 Å². The molecule has 0 amide bonds. The SMILES string of the molecule is CC(C)CCOc1ccc(CNc2cccc(CO)n2)cc1. The number of benzene rings is 1. The van der Waals surface area contributed by atoms with Crippen molar-refractivity contribution in [2.45, 2.75) is 33.4 Å². The Morgan fingerprint density at radius 3 is 2.59 bits per heavy atom. The van der Waals surface area contributed by atoms with Crippen LogP contribution in [-0.4, -0.2) is 16.7 Å². The Morgan fingerprint density at radius 1 is 1.14 bits per heavy atom. The zero-order chi connectivity index (χ0) is 15.8. The predicted octanol–water partition coefficient (Wildman–Crippen LogP) is 3.61. The normalized spacial score (nSPS) is 10.7. The number of nitrogens with one attached hydrogen (secondary N) is 1. The molecule has 22 heavy (non-hydrogen) atoms. The van der Waals surface area contributed by atoms with E-state index in [0.717, 1.165) is 30.2 Å². The monoisotopic (exact) mass is 300 g/mol. The Morgan fingerprint density at radius 2 is 1.91 bits per heavy atom. The molecule has 0 saturated heterocycles. The average molecular weight is 300 g/mol. The molecule has 0 aliphatic carbocycles. The molecule has 1 heterocycles. The fourth-order valence-electron chi connectivity index (χ4n) is 1.97. The van der Waals surface area contributed by atoms with E-state index >= 15 is 0 Å². The Bertz CT molecular complexity index is 568. The highest BCUT2D eigenvalue weighted by molar-refractivity contribution is 5.37. The summed E-state index contributed by atoms with van der Waals surface area (Å²) in [6.45, 7) is 5.79. The molecule has 0 aliphatic heterocycles. The van der Waals surface area contributed by atoms with Crippen LogP contribution in [0.1, 0.15) is 31.5 Å². The van der Waals surface area contributed by atoms with Crippen LogP contribution in [0, 0.1) is 5.92 Å². The van der Waals surface area contributed by atoms with E-state index in [2.05, 4.69) is 24.1 Å². The number of pyridine rings is 1. The Labute approximate surface area is 132 Å². The first-order valence-corrected chi connectivity index (χ1v) is 7.70. The Balaban J connectivity index is 1.83. The van der Waals surface area contributed by atoms with Crippen molar-refractivity contribution in [3.05, 3.63) is 53.7 Å². The van der Waals surface area contributed by atoms with Crippen LogP contribution in [0.3, 0.4) is 0 Å². The van der Waals surface area contributed by atoms with Crippen LogP contribution in [0.2, 0.25) is 0 Å². The zero-order valence-electron chi connectivity index (χ0n) is 13.2. The fourth-order valence-corrected chi connectivity index (χ4v) is 1.97. The van der Waals surface area contributed by atoms with Crippen LogP contribution in [0.5, 0.6) is 5.75 Å². The molecule has 2 rings (SSSR count). The second kappa shape index (κ2) is 8.39. The number of anilines is 1. The van der Waals surface area contributed by atoms with E-state index in [1.54, 1.807) is 6.07 Å². The van der Waals surface area contributed by atoms with Crippen LogP contribution < -0.4 is 10.1 Å². The molecule has 0 aliphatic rings. The molecule has 1 aromatic carbocycles. The second-order valence-electron chi connectivity index (χ2n) is 5.70. The molecule has 0 fully saturated rings. The number of hydrogen-bond donors (Lipinski definition) is 2. The lowest BCUT2D eigenvalue weighted by molar-refractivity contribution is 0.277. The lowest BCUT2D eigenvalue weighted by atomic mass is 10.1. The van der Waals surface area contributed by atoms with Crippen molar-refractivity contribution in [2.75, 3.05) is 11.9 Å². The van der Waals surface area contributed by atoms with E-state index in [0.29, 0.717) is 18.2 Å². The lowest BCUT2D eigenvalue weighted by Crippen LogP contribution is -2.03. The first-order valence-electron chi connectivity index (χ1n) is 7.70. The van der Waals surface area contributed by atoms with Crippen LogP contribution in [0.4, 0.5) is 5.82 Å². The fraction of sp³-hybridized carbons (Fsp3) is 0.389. The van der Waals surface area contributed by atoms with E-state index in [1.807, 2.05) is 36.4 Å². The summed E-state index contributed by atoms with van der Waals surface area (Å²) >= 11 is 0. The van der Waals surface area contributed by atoms with Gasteiger partial charge in [0.1, 0.15) is 11.6 Å². The summed E-state index contributed by atoms with van der Waals surface area (Å²) in [7, 11) is 0. The highest BCUT2D eigenvalue weighted by Crippen LogP contribution is 2.14. The third-order valence-corrected chi connectivity index (χ3v) is 3.33. The number of ether oxygens (including phenoxy) is 1. The smallest absolute Gasteiger partial charge is 0.126 e. The first kappa shape index (κ1) is 16.3. The summed E-state index contributed by atoms with van der Waals surface area (Å²) in [5.41, 5.74) is 1.83. The van der Waals surface area contributed by atoms with Gasteiger partial charge >= 0.3 is 0 Å². The van der Waals surface area contributed by atoms with Gasteiger partial charge in [0, 0.05) is 6.54 Å². The van der Waals surface area contributed by atoms with E-state index in [-0.39, 0.29) is 6.61 Å². The maximum atomic E-state index is 9.08. The van der Waals surface area contributed by atoms with E-state index in [1.165, 1.54) is 0 Å². The summed E-state index contributed by atoms with van der Waals surface area (Å²) in [5, 5.41) is 12.3. The van der Waals surface area contributed by atoms with Gasteiger partial charge in [0.2, 0.25) is 0 Å². The van der Waals surface area contributed by atoms with E-state index in [4.69, 9.17) is 9.84 Å². The van der Waals surface area contributed by atoms with Crippen molar-refractivity contribution >= 4 is 5.82 Å². The van der Waals surface area contributed by atoms with Gasteiger partial charge in [-0.05, 0) is 42.2 Å². The van der Waals surface area contributed by atoms with Crippen molar-refractivity contribution in [1.82, 2.24) is 4.98 Å². The van der Waals surface area contributed by atoms with Crippen LogP contribution in [0.25, 0.3) is 0 Å². The maximum Gasteiger partial charge on any atom is 0.126 e. The summed E-state index contributed by atoms with van der Waals surface area (Å²) in [6.07, 6.45) is 1.07. The van der Waals surface area contributed by atoms with Gasteiger partial charge in [-0.2, -0.15) is 0 Å². The molecule has 0 unspecified atom stereocenters. The number of nitrogens with zero attached hydrogens (tertiary/aromatic N) is 1. The highest BCUT2D eigenvalue weighted by atomic mass is 16.5. The zero-order valence-corrected chi connectivity index (χ0v) is 13.2. The summed E-state index contributed by atoms with van der Waals surface area (Å²) in [5.74, 6) is 2.33. The molecule has 4 heteroatoms. The highest BCUT2D eigenvalue weighted by Gasteiger charge is 2.00. The van der Waals surface area contributed by atoms with Gasteiger partial charge in [-0.3, -0.25) is 0 Å². The molecule has 2 N–H and O–H groups in total. The largest absolute Gasteiger partial charge is 0.494 e. The standard InChI is InChI=1S/C18H24N2O2/c1-14(2)10-11-22-17-8-6-15(7-9-17)12-19-18-5-3-4-16(13-21)20-18/h3-9,14,21H,10-13H2,1-2H3,(H,19,20). The van der Waals surface area contributed by atoms with Gasteiger partial charge in [-0.15, -0.1) is 0 Å². The van der Waals surface area contributed by atoms with Crippen LogP contribution >= 0.6 is 0 Å². The van der Waals surface area contributed by atoms with Gasteiger partial charge in [0.25, 0.3) is 0 Å². The minimum atomic E-state index is -0.0437. The average Bonchev–Trinajstić information content (AvgIpc) is 2.54. The van der Waals surface area contributed by atoms with Crippen molar-refractivity contribution in [3.63, 3.8) is 0 Å². The van der Waals surface area contributed by atoms with Crippen molar-refractivity contribution in [3.8, 4) is 5.75 Å². The van der Waals surface area contributed by atoms with Crippen LogP contribution in [-0.2, 0) is 13.2 Å². The Hall–Kier alpha value is -2.07. The first-order chi connectivity index (χ1) is 10.7. The van der Waals surface area contributed by atoms with Gasteiger partial charge in [0.05, 0.1) is 18.9 Å². The molecule has 0 saturated carbocycles. The molecular weight excluding hydrogens is 276 g/mol. The third kappa shape index (κ3) is 5.37. The second-order valence-corrected chi connectivity index (χ2v) is 5.70. The maximum absolute atomic E-state index is 9.08. The molecule has 0 radical (unpaired) electrons. The summed E-state index contributed by atoms with van der Waals surface area (Å²) < 4.78 is 5.70. The Kier molecular flexibility index (Phi) is 6.22. The number of rotatable bonds is 8. The summed E-state index contributed by atoms with van der Waals surface area (Å²) in [4.78, 5) is 4.30. The molecule has 118 valence electrons. The molecular formula is C18H24N2O2. The molecule has 0 spiro atoms. The number of hydrogen-bond acceptors (Lipinski definition) is 4. The van der Waals surface area contributed by atoms with E-state index in [9.17, 15) is 0 Å². The quantitative estimate of drug-likeness (QED) is 0.782. The minimum absolute atomic E-state index is 0.0437. The third-order valence-electron chi connectivity index (χ3n) is 3.33. The van der Waals surface area contributed by atoms with Gasteiger partial charge in [-0.1, -0.05) is 32.0 Å². The van der Waals surface area contributed by atoms with Crippen molar-refractivity contribution in [2.24, 2.45) is 5.92 Å². The molecule has 0 bridgehead atoms. The molecule has 0 atom stereocenters. The molecule has 1 aromatic heterocycles. The number of aliphatic hydroxyl groups excluding tert-OH is 1. The van der Waals surface area contributed by atoms with Gasteiger partial charge < -0.3 is 15.2 Å². The van der Waals surface area contributed by atoms with Gasteiger partial charge in [-0.25, -0.2) is 4.98 Å². The van der Waals surface area contributed by atoms with Crippen LogP contribution in [0.15, 0.2) is 42.5 Å². The topological polar surface area (TPSA) is 54.4 Å². The number of aromatic nitrogens is 1. The predicted molar refractivity (Wildman–Crippen MR) is 88.9 cm³/mol. The summed E-state index contributed by atoms with van der Waals surface area (Å²) in [6, 6.07) is 13.7. The minimum Gasteiger partial charge on any atom is -0.494 e. The molecule has 4 nitrogen and oxygen atoms in total. The number of aliphatic hydroxyl groups is 1. The lowest BCUT2D eigenvalue weighted by Gasteiger charge is -2.10. The van der Waals surface area contributed by atoms with Crippen molar-refractivity contribution in [1.29, 1.82) is 0 Å². The van der Waals surface area contributed by atoms with E-state index < -0.39 is 0 Å². The van der Waals surface area contributed by atoms with Gasteiger partial charge in [0.15, 0.2) is 0 Å².